The van der Waals surface area contributed by atoms with Crippen molar-refractivity contribution in [3.63, 3.8) is 0 Å². The Morgan fingerprint density at radius 1 is 1.03 bits per heavy atom. The smallest absolute Gasteiger partial charge is 0.343 e. The predicted octanol–water partition coefficient (Wildman–Crippen LogP) is 6.79. The molecular weight excluding hydrogens is 492 g/mol. The van der Waals surface area contributed by atoms with Crippen LogP contribution in [0, 0.1) is 18.3 Å². The zero-order chi connectivity index (χ0) is 27.8. The van der Waals surface area contributed by atoms with Crippen LogP contribution in [0.25, 0.3) is 0 Å². The van der Waals surface area contributed by atoms with Gasteiger partial charge in [0.1, 0.15) is 23.1 Å². The molecule has 39 heavy (non-hydrogen) atoms. The molecule has 0 saturated heterocycles. The van der Waals surface area contributed by atoms with E-state index in [0.29, 0.717) is 40.7 Å². The van der Waals surface area contributed by atoms with E-state index in [9.17, 15) is 10.1 Å². The summed E-state index contributed by atoms with van der Waals surface area (Å²) in [6.07, 6.45) is 5.75. The number of benzene rings is 3. The number of rotatable bonds is 11. The first-order chi connectivity index (χ1) is 18.9. The normalized spacial score (nSPS) is 14.2. The number of unbranched alkanes of at least 4 members (excludes halogenated alkanes) is 4. The van der Waals surface area contributed by atoms with Gasteiger partial charge in [-0.25, -0.2) is 4.79 Å². The maximum atomic E-state index is 12.7. The molecule has 4 rings (SSSR count). The van der Waals surface area contributed by atoms with Crippen molar-refractivity contribution in [3.05, 3.63) is 94.4 Å². The average Bonchev–Trinajstić information content (AvgIpc) is 2.94. The number of aryl methyl sites for hydroxylation is 1. The van der Waals surface area contributed by atoms with Crippen LogP contribution in [0.5, 0.6) is 23.0 Å². The third-order valence-electron chi connectivity index (χ3n) is 6.68. The number of allylic oxidation sites excluding steroid dienone is 1. The molecule has 0 bridgehead atoms. The van der Waals surface area contributed by atoms with Gasteiger partial charge in [0, 0.05) is 11.6 Å². The minimum Gasteiger partial charge on any atom is -0.493 e. The van der Waals surface area contributed by atoms with Crippen molar-refractivity contribution in [3.8, 4) is 29.1 Å². The van der Waals surface area contributed by atoms with Crippen molar-refractivity contribution < 1.29 is 23.7 Å². The number of hydrogen-bond donors (Lipinski definition) is 1. The van der Waals surface area contributed by atoms with Gasteiger partial charge in [-0.2, -0.15) is 5.26 Å². The third-order valence-corrected chi connectivity index (χ3v) is 6.68. The largest absolute Gasteiger partial charge is 0.493 e. The number of hydrogen-bond acceptors (Lipinski definition) is 7. The van der Waals surface area contributed by atoms with E-state index in [1.807, 2.05) is 31.2 Å². The molecule has 0 radical (unpaired) electrons. The summed E-state index contributed by atoms with van der Waals surface area (Å²) >= 11 is 0. The summed E-state index contributed by atoms with van der Waals surface area (Å²) < 4.78 is 23.0. The number of fused-ring (bicyclic) bond motifs is 1. The second-order valence-corrected chi connectivity index (χ2v) is 9.56. The number of carbonyl (C=O) groups excluding carboxylic acids is 1. The van der Waals surface area contributed by atoms with Crippen molar-refractivity contribution in [2.45, 2.75) is 51.9 Å². The molecule has 3 aromatic rings. The lowest BCUT2D eigenvalue weighted by molar-refractivity contribution is 0.0734. The Morgan fingerprint density at radius 2 is 1.85 bits per heavy atom. The molecule has 2 N–H and O–H groups in total. The highest BCUT2D eigenvalue weighted by Crippen LogP contribution is 2.45. The minimum atomic E-state index is -0.489. The van der Waals surface area contributed by atoms with Gasteiger partial charge >= 0.3 is 5.97 Å². The topological polar surface area (TPSA) is 104 Å². The highest BCUT2D eigenvalue weighted by Gasteiger charge is 2.32. The first kappa shape index (κ1) is 27.6. The Hall–Kier alpha value is -4.44. The maximum absolute atomic E-state index is 12.7. The number of methoxy groups -OCH3 is 1. The molecule has 7 heteroatoms. The molecule has 0 aliphatic carbocycles. The minimum absolute atomic E-state index is 0.00327. The zero-order valence-corrected chi connectivity index (χ0v) is 22.7. The molecule has 202 valence electrons. The fourth-order valence-electron chi connectivity index (χ4n) is 4.65. The van der Waals surface area contributed by atoms with E-state index in [0.717, 1.165) is 29.5 Å². The molecule has 0 amide bonds. The Morgan fingerprint density at radius 3 is 2.59 bits per heavy atom. The van der Waals surface area contributed by atoms with Gasteiger partial charge in [0.2, 0.25) is 5.88 Å². The Balaban J connectivity index is 1.58. The highest BCUT2D eigenvalue weighted by atomic mass is 16.5. The zero-order valence-electron chi connectivity index (χ0n) is 22.7. The number of nitriles is 1. The van der Waals surface area contributed by atoms with Gasteiger partial charge in [-0.15, -0.1) is 0 Å². The molecular formula is C32H34N2O5. The van der Waals surface area contributed by atoms with Crippen LogP contribution in [0.4, 0.5) is 0 Å². The van der Waals surface area contributed by atoms with Crippen LogP contribution in [0.2, 0.25) is 0 Å². The molecule has 1 aliphatic rings. The van der Waals surface area contributed by atoms with Crippen LogP contribution >= 0.6 is 0 Å². The number of nitrogens with zero attached hydrogens (tertiary/aromatic N) is 1. The third kappa shape index (κ3) is 6.53. The molecule has 0 fully saturated rings. The second-order valence-electron chi connectivity index (χ2n) is 9.56. The van der Waals surface area contributed by atoms with Gasteiger partial charge in [0.05, 0.1) is 25.2 Å². The van der Waals surface area contributed by atoms with Crippen LogP contribution in [-0.2, 0) is 0 Å². The first-order valence-electron chi connectivity index (χ1n) is 13.3. The summed E-state index contributed by atoms with van der Waals surface area (Å²) in [5.74, 6) is 0.996. The van der Waals surface area contributed by atoms with Crippen LogP contribution < -0.4 is 24.7 Å². The van der Waals surface area contributed by atoms with Gasteiger partial charge in [0.15, 0.2) is 11.5 Å². The Labute approximate surface area is 229 Å². The van der Waals surface area contributed by atoms with E-state index < -0.39 is 11.9 Å². The number of esters is 1. The molecule has 1 unspecified atom stereocenters. The Bertz CT molecular complexity index is 1410. The van der Waals surface area contributed by atoms with Gasteiger partial charge in [-0.3, -0.25) is 0 Å². The van der Waals surface area contributed by atoms with Gasteiger partial charge in [-0.1, -0.05) is 62.4 Å². The molecule has 1 aliphatic heterocycles. The van der Waals surface area contributed by atoms with E-state index in [-0.39, 0.29) is 5.88 Å². The van der Waals surface area contributed by atoms with Crippen molar-refractivity contribution in [2.75, 3.05) is 13.7 Å². The van der Waals surface area contributed by atoms with E-state index in [4.69, 9.17) is 24.7 Å². The predicted molar refractivity (Wildman–Crippen MR) is 149 cm³/mol. The lowest BCUT2D eigenvalue weighted by atomic mass is 9.83. The van der Waals surface area contributed by atoms with Crippen molar-refractivity contribution in [1.82, 2.24) is 0 Å². The van der Waals surface area contributed by atoms with Crippen LogP contribution in [-0.4, -0.2) is 19.7 Å². The van der Waals surface area contributed by atoms with Crippen LogP contribution in [0.3, 0.4) is 0 Å². The molecule has 1 heterocycles. The van der Waals surface area contributed by atoms with Crippen molar-refractivity contribution in [1.29, 1.82) is 5.26 Å². The van der Waals surface area contributed by atoms with Crippen molar-refractivity contribution in [2.24, 2.45) is 5.73 Å². The quantitative estimate of drug-likeness (QED) is 0.167. The van der Waals surface area contributed by atoms with Gasteiger partial charge in [-0.05, 0) is 49.2 Å². The van der Waals surface area contributed by atoms with Gasteiger partial charge in [0.25, 0.3) is 0 Å². The summed E-state index contributed by atoms with van der Waals surface area (Å²) in [5.41, 5.74) is 9.41. The fourth-order valence-corrected chi connectivity index (χ4v) is 4.65. The van der Waals surface area contributed by atoms with E-state index in [2.05, 4.69) is 13.0 Å². The summed E-state index contributed by atoms with van der Waals surface area (Å²) in [5, 5.41) is 9.93. The summed E-state index contributed by atoms with van der Waals surface area (Å²) in [6, 6.07) is 20.1. The first-order valence-corrected chi connectivity index (χ1v) is 13.3. The van der Waals surface area contributed by atoms with Crippen molar-refractivity contribution >= 4 is 5.97 Å². The lowest BCUT2D eigenvalue weighted by Gasteiger charge is -2.27. The molecule has 7 nitrogen and oxygen atoms in total. The Kier molecular flexibility index (Phi) is 9.11. The highest BCUT2D eigenvalue weighted by molar-refractivity contribution is 5.91. The number of carbonyl (C=O) groups is 1. The summed E-state index contributed by atoms with van der Waals surface area (Å²) in [7, 11) is 1.59. The second kappa shape index (κ2) is 12.9. The lowest BCUT2D eigenvalue weighted by Crippen LogP contribution is -2.21. The standard InChI is InChI=1S/C32H34N2O5/c1-4-5-6-7-8-16-37-27-15-12-22(18-29(27)36-3)30-25-14-13-24(19-28(25)39-31(34)26(30)20-33)38-32(35)23-11-9-10-21(2)17-23/h9-15,17-19,30H,4-8,16,34H2,1-3H3. The summed E-state index contributed by atoms with van der Waals surface area (Å²) in [4.78, 5) is 12.7. The van der Waals surface area contributed by atoms with E-state index >= 15 is 0 Å². The fraction of sp³-hybridized carbons (Fsp3) is 0.312. The summed E-state index contributed by atoms with van der Waals surface area (Å²) in [6.45, 7) is 4.72. The van der Waals surface area contributed by atoms with Crippen LogP contribution in [0.15, 0.2) is 72.1 Å². The van der Waals surface area contributed by atoms with Gasteiger partial charge < -0.3 is 24.7 Å². The molecule has 0 spiro atoms. The van der Waals surface area contributed by atoms with E-state index in [1.54, 1.807) is 43.5 Å². The molecule has 0 saturated carbocycles. The SMILES string of the molecule is CCCCCCCOc1ccc(C2C(C#N)=C(N)Oc3cc(OC(=O)c4cccc(C)c4)ccc32)cc1OC. The van der Waals surface area contributed by atoms with E-state index in [1.165, 1.54) is 19.3 Å². The average molecular weight is 527 g/mol. The number of ether oxygens (including phenoxy) is 4. The molecule has 0 aromatic heterocycles. The maximum Gasteiger partial charge on any atom is 0.343 e. The monoisotopic (exact) mass is 526 g/mol. The molecule has 3 aromatic carbocycles. The molecule has 1 atom stereocenters. The van der Waals surface area contributed by atoms with Crippen LogP contribution in [0.1, 0.15) is 72.0 Å². The number of nitrogens with two attached hydrogens (primary N) is 1.